The first-order valence-electron chi connectivity index (χ1n) is 7.59. The van der Waals surface area contributed by atoms with Gasteiger partial charge in [0.05, 0.1) is 29.7 Å². The van der Waals surface area contributed by atoms with Crippen molar-refractivity contribution in [1.82, 2.24) is 25.1 Å². The number of hydrogen-bond acceptors (Lipinski definition) is 3. The van der Waals surface area contributed by atoms with E-state index in [0.29, 0.717) is 12.1 Å². The van der Waals surface area contributed by atoms with E-state index in [9.17, 15) is 4.79 Å². The van der Waals surface area contributed by atoms with Crippen LogP contribution in [0.2, 0.25) is 0 Å². The normalized spacial score (nSPS) is 10.7. The van der Waals surface area contributed by atoms with Crippen LogP contribution in [-0.4, -0.2) is 25.7 Å². The zero-order valence-corrected chi connectivity index (χ0v) is 13.2. The number of aromatic nitrogens is 4. The fourth-order valence-electron chi connectivity index (χ4n) is 2.47. The number of rotatable bonds is 5. The zero-order chi connectivity index (χ0) is 16.2. The minimum absolute atomic E-state index is 0.142. The number of nitrogens with one attached hydrogen (secondary N) is 2. The third kappa shape index (κ3) is 3.15. The van der Waals surface area contributed by atoms with Crippen LogP contribution < -0.4 is 5.32 Å². The molecule has 0 spiro atoms. The van der Waals surface area contributed by atoms with Gasteiger partial charge in [-0.25, -0.2) is 9.67 Å². The van der Waals surface area contributed by atoms with E-state index in [0.717, 1.165) is 23.6 Å². The molecule has 0 aliphatic carbocycles. The molecule has 0 saturated heterocycles. The molecule has 6 heteroatoms. The van der Waals surface area contributed by atoms with Crippen molar-refractivity contribution in [3.8, 4) is 5.69 Å². The van der Waals surface area contributed by atoms with Gasteiger partial charge in [-0.3, -0.25) is 4.79 Å². The second-order valence-electron chi connectivity index (χ2n) is 5.32. The van der Waals surface area contributed by atoms with E-state index in [-0.39, 0.29) is 5.91 Å². The van der Waals surface area contributed by atoms with Crippen LogP contribution in [0.25, 0.3) is 5.69 Å². The number of nitrogens with zero attached hydrogens (tertiary/aromatic N) is 3. The number of hydrogen-bond donors (Lipinski definition) is 2. The Morgan fingerprint density at radius 3 is 2.74 bits per heavy atom. The Kier molecular flexibility index (Phi) is 4.23. The summed E-state index contributed by atoms with van der Waals surface area (Å²) >= 11 is 0. The van der Waals surface area contributed by atoms with Crippen LogP contribution in [0.5, 0.6) is 0 Å². The van der Waals surface area contributed by atoms with Gasteiger partial charge in [-0.1, -0.05) is 24.6 Å². The predicted octanol–water partition coefficient (Wildman–Crippen LogP) is 2.40. The molecular weight excluding hydrogens is 290 g/mol. The Morgan fingerprint density at radius 1 is 1.30 bits per heavy atom. The first-order chi connectivity index (χ1) is 11.2. The Morgan fingerprint density at radius 2 is 2.09 bits per heavy atom. The van der Waals surface area contributed by atoms with Crippen LogP contribution in [-0.2, 0) is 13.0 Å². The molecule has 0 saturated carbocycles. The summed E-state index contributed by atoms with van der Waals surface area (Å²) in [5.74, 6) is 0.582. The van der Waals surface area contributed by atoms with Gasteiger partial charge in [-0.05, 0) is 25.5 Å². The van der Waals surface area contributed by atoms with Gasteiger partial charge in [0.15, 0.2) is 0 Å². The fourth-order valence-corrected chi connectivity index (χ4v) is 2.47. The highest BCUT2D eigenvalue weighted by molar-refractivity contribution is 5.95. The van der Waals surface area contributed by atoms with Gasteiger partial charge in [0.25, 0.3) is 5.91 Å². The van der Waals surface area contributed by atoms with Crippen LogP contribution in [0.15, 0.2) is 42.9 Å². The quantitative estimate of drug-likeness (QED) is 0.760. The lowest BCUT2D eigenvalue weighted by Crippen LogP contribution is -2.24. The number of carbonyl (C=O) groups is 1. The van der Waals surface area contributed by atoms with Gasteiger partial charge in [0.1, 0.15) is 5.82 Å². The number of imidazole rings is 1. The molecule has 2 heterocycles. The third-order valence-corrected chi connectivity index (χ3v) is 3.70. The van der Waals surface area contributed by atoms with Crippen molar-refractivity contribution in [2.24, 2.45) is 0 Å². The summed E-state index contributed by atoms with van der Waals surface area (Å²) in [4.78, 5) is 19.5. The van der Waals surface area contributed by atoms with E-state index in [1.165, 1.54) is 5.56 Å². The maximum absolute atomic E-state index is 12.4. The topological polar surface area (TPSA) is 75.6 Å². The minimum Gasteiger partial charge on any atom is -0.347 e. The number of aromatic amines is 1. The Labute approximate surface area is 134 Å². The molecule has 23 heavy (non-hydrogen) atoms. The van der Waals surface area contributed by atoms with Gasteiger partial charge in [0, 0.05) is 12.4 Å². The molecular formula is C17H19N5O. The molecule has 0 unspecified atom stereocenters. The van der Waals surface area contributed by atoms with Crippen molar-refractivity contribution in [3.05, 3.63) is 65.5 Å². The average molecular weight is 309 g/mol. The molecule has 0 atom stereocenters. The summed E-state index contributed by atoms with van der Waals surface area (Å²) in [5, 5.41) is 7.25. The highest BCUT2D eigenvalue weighted by Crippen LogP contribution is 2.16. The SMILES string of the molecule is CCc1c(C(=O)NCc2ncc[nH]2)cnn1-c1ccc(C)cc1. The van der Waals surface area contributed by atoms with Crippen molar-refractivity contribution in [3.63, 3.8) is 0 Å². The minimum atomic E-state index is -0.142. The molecule has 0 aliphatic rings. The van der Waals surface area contributed by atoms with Crippen molar-refractivity contribution in [2.45, 2.75) is 26.8 Å². The lowest BCUT2D eigenvalue weighted by atomic mass is 10.1. The summed E-state index contributed by atoms with van der Waals surface area (Å²) in [6.45, 7) is 4.43. The first kappa shape index (κ1) is 15.0. The largest absolute Gasteiger partial charge is 0.347 e. The second kappa shape index (κ2) is 6.48. The van der Waals surface area contributed by atoms with Crippen molar-refractivity contribution < 1.29 is 4.79 Å². The molecule has 0 radical (unpaired) electrons. The van der Waals surface area contributed by atoms with Gasteiger partial charge < -0.3 is 10.3 Å². The summed E-state index contributed by atoms with van der Waals surface area (Å²) < 4.78 is 1.82. The molecule has 1 aromatic carbocycles. The number of carbonyl (C=O) groups excluding carboxylic acids is 1. The molecule has 3 rings (SSSR count). The van der Waals surface area contributed by atoms with Crippen LogP contribution in [0.4, 0.5) is 0 Å². The molecule has 0 fully saturated rings. The van der Waals surface area contributed by atoms with Gasteiger partial charge in [-0.15, -0.1) is 0 Å². The molecule has 118 valence electrons. The lowest BCUT2D eigenvalue weighted by Gasteiger charge is -2.08. The van der Waals surface area contributed by atoms with Crippen molar-refractivity contribution in [2.75, 3.05) is 0 Å². The highest BCUT2D eigenvalue weighted by Gasteiger charge is 2.17. The zero-order valence-electron chi connectivity index (χ0n) is 13.2. The van der Waals surface area contributed by atoms with Crippen LogP contribution >= 0.6 is 0 Å². The highest BCUT2D eigenvalue weighted by atomic mass is 16.1. The maximum atomic E-state index is 12.4. The average Bonchev–Trinajstić information content (AvgIpc) is 3.22. The molecule has 0 aliphatic heterocycles. The van der Waals surface area contributed by atoms with E-state index in [2.05, 4.69) is 20.4 Å². The van der Waals surface area contributed by atoms with Crippen molar-refractivity contribution in [1.29, 1.82) is 0 Å². The van der Waals surface area contributed by atoms with Crippen LogP contribution in [0.3, 0.4) is 0 Å². The molecule has 1 amide bonds. The summed E-state index contributed by atoms with van der Waals surface area (Å²) in [6, 6.07) is 8.08. The number of aryl methyl sites for hydroxylation is 1. The van der Waals surface area contributed by atoms with E-state index < -0.39 is 0 Å². The number of amides is 1. The monoisotopic (exact) mass is 309 g/mol. The Balaban J connectivity index is 1.82. The first-order valence-corrected chi connectivity index (χ1v) is 7.59. The lowest BCUT2D eigenvalue weighted by molar-refractivity contribution is 0.0949. The van der Waals surface area contributed by atoms with E-state index in [4.69, 9.17) is 0 Å². The third-order valence-electron chi connectivity index (χ3n) is 3.70. The Bertz CT molecular complexity index is 787. The molecule has 2 N–H and O–H groups in total. The van der Waals surface area contributed by atoms with Crippen LogP contribution in [0, 0.1) is 6.92 Å². The van der Waals surface area contributed by atoms with E-state index in [1.54, 1.807) is 18.6 Å². The van der Waals surface area contributed by atoms with E-state index in [1.807, 2.05) is 42.8 Å². The molecule has 0 bridgehead atoms. The molecule has 6 nitrogen and oxygen atoms in total. The number of benzene rings is 1. The standard InChI is InChI=1S/C17H19N5O/c1-3-15-14(17(23)20-11-16-18-8-9-19-16)10-21-22(15)13-6-4-12(2)5-7-13/h4-10H,3,11H2,1-2H3,(H,18,19)(H,20,23). The van der Waals surface area contributed by atoms with Gasteiger partial charge >= 0.3 is 0 Å². The molecule has 2 aromatic heterocycles. The summed E-state index contributed by atoms with van der Waals surface area (Å²) in [7, 11) is 0. The Hall–Kier alpha value is -2.89. The maximum Gasteiger partial charge on any atom is 0.255 e. The number of H-pyrrole nitrogens is 1. The van der Waals surface area contributed by atoms with Gasteiger partial charge in [-0.2, -0.15) is 5.10 Å². The second-order valence-corrected chi connectivity index (χ2v) is 5.32. The van der Waals surface area contributed by atoms with E-state index >= 15 is 0 Å². The molecule has 3 aromatic rings. The van der Waals surface area contributed by atoms with Crippen molar-refractivity contribution >= 4 is 5.91 Å². The smallest absolute Gasteiger partial charge is 0.255 e. The summed E-state index contributed by atoms with van der Waals surface area (Å²) in [5.41, 5.74) is 3.64. The summed E-state index contributed by atoms with van der Waals surface area (Å²) in [6.07, 6.45) is 5.73. The van der Waals surface area contributed by atoms with Gasteiger partial charge in [0.2, 0.25) is 0 Å². The predicted molar refractivity (Wildman–Crippen MR) is 87.4 cm³/mol. The fraction of sp³-hybridized carbons (Fsp3) is 0.235. The van der Waals surface area contributed by atoms with Crippen LogP contribution in [0.1, 0.15) is 34.4 Å².